The monoisotopic (exact) mass is 330 g/mol. The third-order valence-corrected chi connectivity index (χ3v) is 4.18. The summed E-state index contributed by atoms with van der Waals surface area (Å²) in [5, 5.41) is 10.5. The molecule has 0 radical (unpaired) electrons. The predicted octanol–water partition coefficient (Wildman–Crippen LogP) is 3.60. The summed E-state index contributed by atoms with van der Waals surface area (Å²) >= 11 is 0. The Balaban J connectivity index is 1.56. The van der Waals surface area contributed by atoms with E-state index in [-0.39, 0.29) is 0 Å². The van der Waals surface area contributed by atoms with Gasteiger partial charge in [-0.1, -0.05) is 42.5 Å². The van der Waals surface area contributed by atoms with Gasteiger partial charge in [0.15, 0.2) is 0 Å². The van der Waals surface area contributed by atoms with Crippen molar-refractivity contribution in [2.75, 3.05) is 0 Å². The van der Waals surface area contributed by atoms with Crippen LogP contribution in [0.15, 0.2) is 61.1 Å². The summed E-state index contributed by atoms with van der Waals surface area (Å²) in [5.41, 5.74) is 4.70. The molecule has 3 heterocycles. The van der Waals surface area contributed by atoms with E-state index in [1.54, 1.807) is 12.4 Å². The topological polar surface area (TPSA) is 83.1 Å². The summed E-state index contributed by atoms with van der Waals surface area (Å²) < 4.78 is 0. The summed E-state index contributed by atoms with van der Waals surface area (Å²) in [6.07, 6.45) is 6.38. The van der Waals surface area contributed by atoms with Gasteiger partial charge in [0.2, 0.25) is 0 Å². The number of hydrogen-bond donors (Lipinski definition) is 2. The van der Waals surface area contributed by atoms with Crippen molar-refractivity contribution in [2.45, 2.75) is 19.3 Å². The van der Waals surface area contributed by atoms with E-state index in [1.807, 2.05) is 24.4 Å². The molecule has 1 atom stereocenters. The van der Waals surface area contributed by atoms with Crippen molar-refractivity contribution in [1.29, 1.82) is 0 Å². The van der Waals surface area contributed by atoms with E-state index < -0.39 is 0 Å². The fourth-order valence-corrected chi connectivity index (χ4v) is 2.86. The Morgan fingerprint density at radius 3 is 2.68 bits per heavy atom. The SMILES string of the molecule is CC(Cc1ccccc1)c1nc(-c2cc(-c3c[nH]nn3)ccn2)c[nH]1. The van der Waals surface area contributed by atoms with Gasteiger partial charge in [0, 0.05) is 30.1 Å². The molecule has 1 unspecified atom stereocenters. The summed E-state index contributed by atoms with van der Waals surface area (Å²) in [6.45, 7) is 2.18. The van der Waals surface area contributed by atoms with Crippen molar-refractivity contribution < 1.29 is 0 Å². The average Bonchev–Trinajstić information content (AvgIpc) is 3.35. The molecule has 0 spiro atoms. The van der Waals surface area contributed by atoms with Crippen LogP contribution in [0.25, 0.3) is 22.6 Å². The van der Waals surface area contributed by atoms with Crippen molar-refractivity contribution in [3.05, 3.63) is 72.4 Å². The molecule has 25 heavy (non-hydrogen) atoms. The van der Waals surface area contributed by atoms with Crippen molar-refractivity contribution >= 4 is 0 Å². The highest BCUT2D eigenvalue weighted by molar-refractivity contribution is 5.65. The lowest BCUT2D eigenvalue weighted by molar-refractivity contribution is 0.710. The molecule has 6 nitrogen and oxygen atoms in total. The van der Waals surface area contributed by atoms with Gasteiger partial charge in [0.05, 0.1) is 5.69 Å². The second-order valence-electron chi connectivity index (χ2n) is 6.05. The highest BCUT2D eigenvalue weighted by Gasteiger charge is 2.13. The molecule has 0 bridgehead atoms. The quantitative estimate of drug-likeness (QED) is 0.585. The number of rotatable bonds is 5. The summed E-state index contributed by atoms with van der Waals surface area (Å²) in [7, 11) is 0. The van der Waals surface area contributed by atoms with Crippen LogP contribution >= 0.6 is 0 Å². The molecular formula is C19H18N6. The van der Waals surface area contributed by atoms with E-state index >= 15 is 0 Å². The third-order valence-electron chi connectivity index (χ3n) is 4.18. The molecule has 1 aromatic carbocycles. The van der Waals surface area contributed by atoms with E-state index in [0.717, 1.165) is 34.9 Å². The van der Waals surface area contributed by atoms with Crippen molar-refractivity contribution in [1.82, 2.24) is 30.4 Å². The Morgan fingerprint density at radius 1 is 1.00 bits per heavy atom. The molecule has 6 heteroatoms. The van der Waals surface area contributed by atoms with Crippen LogP contribution < -0.4 is 0 Å². The second-order valence-corrected chi connectivity index (χ2v) is 6.05. The van der Waals surface area contributed by atoms with Crippen LogP contribution in [0, 0.1) is 0 Å². The molecule has 124 valence electrons. The lowest BCUT2D eigenvalue weighted by atomic mass is 10.0. The first-order valence-corrected chi connectivity index (χ1v) is 8.22. The fourth-order valence-electron chi connectivity index (χ4n) is 2.86. The predicted molar refractivity (Wildman–Crippen MR) is 95.8 cm³/mol. The molecule has 4 aromatic rings. The number of nitrogens with one attached hydrogen (secondary N) is 2. The Morgan fingerprint density at radius 2 is 1.88 bits per heavy atom. The number of nitrogens with zero attached hydrogens (tertiary/aromatic N) is 4. The Bertz CT molecular complexity index is 943. The minimum atomic E-state index is 0.301. The molecule has 0 aliphatic heterocycles. The van der Waals surface area contributed by atoms with Crippen LogP contribution in [0.1, 0.15) is 24.2 Å². The molecule has 2 N–H and O–H groups in total. The first kappa shape index (κ1) is 15.3. The van der Waals surface area contributed by atoms with Crippen LogP contribution in [0.4, 0.5) is 0 Å². The Hall–Kier alpha value is -3.28. The van der Waals surface area contributed by atoms with Gasteiger partial charge in [0.25, 0.3) is 0 Å². The molecule has 3 aromatic heterocycles. The van der Waals surface area contributed by atoms with E-state index in [0.29, 0.717) is 5.92 Å². The normalized spacial score (nSPS) is 12.2. The maximum atomic E-state index is 4.74. The molecule has 0 aliphatic carbocycles. The molecule has 0 saturated heterocycles. The van der Waals surface area contributed by atoms with E-state index in [9.17, 15) is 0 Å². The number of pyridine rings is 1. The maximum absolute atomic E-state index is 4.74. The van der Waals surface area contributed by atoms with Gasteiger partial charge >= 0.3 is 0 Å². The van der Waals surface area contributed by atoms with Gasteiger partial charge < -0.3 is 4.98 Å². The highest BCUT2D eigenvalue weighted by atomic mass is 15.3. The van der Waals surface area contributed by atoms with Gasteiger partial charge in [-0.2, -0.15) is 0 Å². The fraction of sp³-hybridized carbons (Fsp3) is 0.158. The van der Waals surface area contributed by atoms with Crippen LogP contribution in [0.5, 0.6) is 0 Å². The maximum Gasteiger partial charge on any atom is 0.112 e. The van der Waals surface area contributed by atoms with Crippen molar-refractivity contribution in [2.24, 2.45) is 0 Å². The zero-order valence-electron chi connectivity index (χ0n) is 13.8. The van der Waals surface area contributed by atoms with Gasteiger partial charge in [-0.25, -0.2) is 4.98 Å². The Kier molecular flexibility index (Phi) is 4.08. The van der Waals surface area contributed by atoms with Crippen molar-refractivity contribution in [3.63, 3.8) is 0 Å². The van der Waals surface area contributed by atoms with Gasteiger partial charge in [-0.05, 0) is 24.1 Å². The standard InChI is InChI=1S/C19H18N6/c1-13(9-14-5-3-2-4-6-14)19-21-11-18(23-19)16-10-15(7-8-20-16)17-12-22-25-24-17/h2-8,10-13H,9H2,1H3,(H,21,23)(H,22,24,25). The number of H-pyrrole nitrogens is 2. The third kappa shape index (κ3) is 3.33. The average molecular weight is 330 g/mol. The lowest BCUT2D eigenvalue weighted by Gasteiger charge is -2.08. The molecule has 0 saturated carbocycles. The van der Waals surface area contributed by atoms with E-state index in [1.165, 1.54) is 5.56 Å². The zero-order valence-corrected chi connectivity index (χ0v) is 13.8. The van der Waals surface area contributed by atoms with Gasteiger partial charge in [0.1, 0.15) is 17.2 Å². The van der Waals surface area contributed by atoms with Crippen LogP contribution in [0.2, 0.25) is 0 Å². The van der Waals surface area contributed by atoms with Crippen LogP contribution in [0.3, 0.4) is 0 Å². The first-order chi connectivity index (χ1) is 12.3. The lowest BCUT2D eigenvalue weighted by Crippen LogP contribution is -2.00. The molecular weight excluding hydrogens is 312 g/mol. The number of imidazole rings is 1. The summed E-state index contributed by atoms with van der Waals surface area (Å²) in [5.74, 6) is 1.27. The van der Waals surface area contributed by atoms with Crippen LogP contribution in [-0.2, 0) is 6.42 Å². The van der Waals surface area contributed by atoms with E-state index in [2.05, 4.69) is 56.6 Å². The number of aromatic nitrogens is 6. The van der Waals surface area contributed by atoms with Gasteiger partial charge in [-0.3, -0.25) is 10.1 Å². The largest absolute Gasteiger partial charge is 0.348 e. The number of hydrogen-bond acceptors (Lipinski definition) is 4. The minimum absolute atomic E-state index is 0.301. The Labute approximate surface area is 145 Å². The van der Waals surface area contributed by atoms with Crippen LogP contribution in [-0.4, -0.2) is 30.4 Å². The van der Waals surface area contributed by atoms with E-state index in [4.69, 9.17) is 4.98 Å². The molecule has 0 fully saturated rings. The zero-order chi connectivity index (χ0) is 17.1. The highest BCUT2D eigenvalue weighted by Crippen LogP contribution is 2.24. The number of benzene rings is 1. The second kappa shape index (κ2) is 6.68. The summed E-state index contributed by atoms with van der Waals surface area (Å²) in [6, 6.07) is 14.3. The van der Waals surface area contributed by atoms with Gasteiger partial charge in [-0.15, -0.1) is 5.10 Å². The summed E-state index contributed by atoms with van der Waals surface area (Å²) in [4.78, 5) is 12.5. The van der Waals surface area contributed by atoms with Crippen molar-refractivity contribution in [3.8, 4) is 22.6 Å². The first-order valence-electron chi connectivity index (χ1n) is 8.22. The molecule has 4 rings (SSSR count). The number of aromatic amines is 2. The minimum Gasteiger partial charge on any atom is -0.348 e. The smallest absolute Gasteiger partial charge is 0.112 e. The molecule has 0 aliphatic rings. The molecule has 0 amide bonds.